The van der Waals surface area contributed by atoms with Gasteiger partial charge in [-0.05, 0) is 79.4 Å². The van der Waals surface area contributed by atoms with Gasteiger partial charge in [0.1, 0.15) is 18.1 Å². The molecule has 1 atom stereocenters. The summed E-state index contributed by atoms with van der Waals surface area (Å²) >= 11 is 0. The fourth-order valence-corrected chi connectivity index (χ4v) is 4.81. The Morgan fingerprint density at radius 1 is 0.553 bits per heavy atom. The van der Waals surface area contributed by atoms with Gasteiger partial charge in [-0.15, -0.1) is 0 Å². The largest absolute Gasteiger partial charge is 0.494 e. The molecule has 3 rings (SSSR count). The van der Waals surface area contributed by atoms with E-state index in [1.54, 1.807) is 12.1 Å². The highest BCUT2D eigenvalue weighted by atomic mass is 16.6. The Morgan fingerprint density at radius 3 is 1.70 bits per heavy atom. The van der Waals surface area contributed by atoms with Crippen molar-refractivity contribution in [2.75, 3.05) is 26.4 Å². The number of hydrogen-bond donors (Lipinski definition) is 0. The van der Waals surface area contributed by atoms with Crippen molar-refractivity contribution >= 4 is 17.9 Å². The molecule has 8 heteroatoms. The van der Waals surface area contributed by atoms with Gasteiger partial charge in [-0.3, -0.25) is 0 Å². The number of carbonyl (C=O) groups excluding carboxylic acids is 3. The zero-order chi connectivity index (χ0) is 33.7. The van der Waals surface area contributed by atoms with E-state index in [1.807, 2.05) is 43.3 Å². The molecule has 3 aromatic carbocycles. The van der Waals surface area contributed by atoms with E-state index < -0.39 is 24.0 Å². The zero-order valence-corrected chi connectivity index (χ0v) is 28.2. The summed E-state index contributed by atoms with van der Waals surface area (Å²) in [6.45, 7) is 7.36. The molecule has 3 aromatic rings. The normalized spacial score (nSPS) is 11.5. The van der Waals surface area contributed by atoms with Gasteiger partial charge in [-0.1, -0.05) is 89.5 Å². The lowest BCUT2D eigenvalue weighted by Crippen LogP contribution is -2.27. The lowest BCUT2D eigenvalue weighted by atomic mass is 10.0. The van der Waals surface area contributed by atoms with Gasteiger partial charge < -0.3 is 23.7 Å². The topological polar surface area (TPSA) is 97.4 Å². The number of rotatable bonds is 22. The lowest BCUT2D eigenvalue weighted by Gasteiger charge is -2.13. The molecule has 0 amide bonds. The fourth-order valence-electron chi connectivity index (χ4n) is 4.81. The van der Waals surface area contributed by atoms with Crippen LogP contribution in [-0.2, 0) is 19.0 Å². The summed E-state index contributed by atoms with van der Waals surface area (Å²) in [6, 6.07) is 21.1. The number of unbranched alkanes of at least 4 members (excludes halogenated alkanes) is 8. The van der Waals surface area contributed by atoms with Crippen LogP contribution in [-0.4, -0.2) is 50.4 Å². The predicted octanol–water partition coefficient (Wildman–Crippen LogP) is 9.00. The SMILES string of the molecule is CCCCCCCCCCCOc1ccc(-c2ccc(C(=O)Oc3ccc(C(=O)OC(C)C(=O)OCCOCCC)cc3)cc2)cc1. The van der Waals surface area contributed by atoms with Crippen LogP contribution in [0.15, 0.2) is 72.8 Å². The van der Waals surface area contributed by atoms with Crippen LogP contribution >= 0.6 is 0 Å². The third-order valence-corrected chi connectivity index (χ3v) is 7.56. The maximum atomic E-state index is 12.7. The third-order valence-electron chi connectivity index (χ3n) is 7.56. The molecular formula is C39H50O8. The lowest BCUT2D eigenvalue weighted by molar-refractivity contribution is -0.154. The van der Waals surface area contributed by atoms with Gasteiger partial charge in [0.15, 0.2) is 6.10 Å². The quantitative estimate of drug-likeness (QED) is 0.0606. The average Bonchev–Trinajstić information content (AvgIpc) is 3.09. The van der Waals surface area contributed by atoms with E-state index in [0.717, 1.165) is 36.3 Å². The van der Waals surface area contributed by atoms with Crippen molar-refractivity contribution in [3.63, 3.8) is 0 Å². The molecular weight excluding hydrogens is 596 g/mol. The van der Waals surface area contributed by atoms with E-state index >= 15 is 0 Å². The van der Waals surface area contributed by atoms with Gasteiger partial charge in [0.05, 0.1) is 24.3 Å². The summed E-state index contributed by atoms with van der Waals surface area (Å²) in [4.78, 5) is 37.2. The molecule has 0 heterocycles. The van der Waals surface area contributed by atoms with E-state index in [9.17, 15) is 14.4 Å². The van der Waals surface area contributed by atoms with Crippen LogP contribution in [0, 0.1) is 0 Å². The second-order valence-electron chi connectivity index (χ2n) is 11.5. The van der Waals surface area contributed by atoms with Gasteiger partial charge in [-0.25, -0.2) is 14.4 Å². The summed E-state index contributed by atoms with van der Waals surface area (Å²) < 4.78 is 26.9. The van der Waals surface area contributed by atoms with E-state index in [-0.39, 0.29) is 24.5 Å². The molecule has 0 aliphatic rings. The van der Waals surface area contributed by atoms with Gasteiger partial charge in [0.2, 0.25) is 0 Å². The molecule has 0 saturated heterocycles. The first-order chi connectivity index (χ1) is 22.9. The second kappa shape index (κ2) is 21.6. The molecule has 8 nitrogen and oxygen atoms in total. The monoisotopic (exact) mass is 646 g/mol. The van der Waals surface area contributed by atoms with Crippen LogP contribution in [0.4, 0.5) is 0 Å². The molecule has 0 aliphatic carbocycles. The number of carbonyl (C=O) groups is 3. The Bertz CT molecular complexity index is 1330. The van der Waals surface area contributed by atoms with Gasteiger partial charge in [0.25, 0.3) is 0 Å². The Balaban J connectivity index is 1.39. The number of hydrogen-bond acceptors (Lipinski definition) is 8. The fraction of sp³-hybridized carbons (Fsp3) is 0.462. The zero-order valence-electron chi connectivity index (χ0n) is 28.2. The number of benzene rings is 3. The minimum Gasteiger partial charge on any atom is -0.494 e. The smallest absolute Gasteiger partial charge is 0.347 e. The minimum atomic E-state index is -1.07. The van der Waals surface area contributed by atoms with Crippen LogP contribution in [0.25, 0.3) is 11.1 Å². The Morgan fingerprint density at radius 2 is 1.09 bits per heavy atom. The molecule has 47 heavy (non-hydrogen) atoms. The Kier molecular flexibility index (Phi) is 17.1. The van der Waals surface area contributed by atoms with E-state index in [2.05, 4.69) is 6.92 Å². The van der Waals surface area contributed by atoms with Crippen LogP contribution in [0.1, 0.15) is 106 Å². The highest BCUT2D eigenvalue weighted by Gasteiger charge is 2.20. The molecule has 254 valence electrons. The molecule has 0 N–H and O–H groups in total. The summed E-state index contributed by atoms with van der Waals surface area (Å²) in [5, 5.41) is 0. The van der Waals surface area contributed by atoms with Crippen molar-refractivity contribution in [2.24, 2.45) is 0 Å². The molecule has 0 aromatic heterocycles. The van der Waals surface area contributed by atoms with Crippen LogP contribution < -0.4 is 9.47 Å². The molecule has 0 saturated carbocycles. The molecule has 1 unspecified atom stereocenters. The second-order valence-corrected chi connectivity index (χ2v) is 11.5. The van der Waals surface area contributed by atoms with E-state index in [1.165, 1.54) is 82.6 Å². The van der Waals surface area contributed by atoms with Gasteiger partial charge >= 0.3 is 17.9 Å². The highest BCUT2D eigenvalue weighted by molar-refractivity contribution is 5.93. The first kappa shape index (κ1) is 37.3. The van der Waals surface area contributed by atoms with E-state index in [4.69, 9.17) is 23.7 Å². The number of esters is 3. The Hall–Kier alpha value is -4.17. The van der Waals surface area contributed by atoms with Gasteiger partial charge in [-0.2, -0.15) is 0 Å². The summed E-state index contributed by atoms with van der Waals surface area (Å²) in [5.41, 5.74) is 2.59. The van der Waals surface area contributed by atoms with Crippen molar-refractivity contribution < 1.29 is 38.1 Å². The predicted molar refractivity (Wildman–Crippen MR) is 183 cm³/mol. The average molecular weight is 647 g/mol. The molecule has 0 fully saturated rings. The van der Waals surface area contributed by atoms with Crippen molar-refractivity contribution in [2.45, 2.75) is 91.1 Å². The van der Waals surface area contributed by atoms with Crippen molar-refractivity contribution in [1.29, 1.82) is 0 Å². The maximum absolute atomic E-state index is 12.7. The molecule has 0 spiro atoms. The van der Waals surface area contributed by atoms with Crippen LogP contribution in [0.2, 0.25) is 0 Å². The standard InChI is InChI=1S/C39H50O8/c1-4-6-7-8-9-10-11-12-13-27-44-35-22-18-32(19-23-35)31-14-16-33(17-15-31)39(42)47-36-24-20-34(21-25-36)38(41)46-30(3)37(40)45-29-28-43-26-5-2/h14-25,30H,4-13,26-29H2,1-3H3. The van der Waals surface area contributed by atoms with Crippen LogP contribution in [0.3, 0.4) is 0 Å². The Labute approximate surface area is 279 Å². The van der Waals surface area contributed by atoms with Crippen molar-refractivity contribution in [3.05, 3.63) is 83.9 Å². The highest BCUT2D eigenvalue weighted by Crippen LogP contribution is 2.24. The molecule has 0 aliphatic heterocycles. The van der Waals surface area contributed by atoms with Crippen molar-refractivity contribution in [3.8, 4) is 22.6 Å². The minimum absolute atomic E-state index is 0.0888. The van der Waals surface area contributed by atoms with Crippen molar-refractivity contribution in [1.82, 2.24) is 0 Å². The first-order valence-electron chi connectivity index (χ1n) is 17.0. The number of ether oxygens (including phenoxy) is 5. The molecule has 0 radical (unpaired) electrons. The summed E-state index contributed by atoms with van der Waals surface area (Å²) in [5.74, 6) is -0.739. The van der Waals surface area contributed by atoms with E-state index in [0.29, 0.717) is 12.2 Å². The maximum Gasteiger partial charge on any atom is 0.347 e. The summed E-state index contributed by atoms with van der Waals surface area (Å²) in [6.07, 6.45) is 11.4. The van der Waals surface area contributed by atoms with Crippen LogP contribution in [0.5, 0.6) is 11.5 Å². The first-order valence-corrected chi connectivity index (χ1v) is 17.0. The third kappa shape index (κ3) is 14.0. The summed E-state index contributed by atoms with van der Waals surface area (Å²) in [7, 11) is 0. The van der Waals surface area contributed by atoms with Gasteiger partial charge in [0, 0.05) is 6.61 Å². The molecule has 0 bridgehead atoms.